The summed E-state index contributed by atoms with van der Waals surface area (Å²) in [6.07, 6.45) is 5.17. The van der Waals surface area contributed by atoms with E-state index in [0.717, 1.165) is 37.4 Å². The van der Waals surface area contributed by atoms with E-state index in [1.807, 2.05) is 38.2 Å². The Hall–Kier alpha value is -3.83. The van der Waals surface area contributed by atoms with Crippen molar-refractivity contribution in [1.29, 1.82) is 0 Å². The lowest BCUT2D eigenvalue weighted by Gasteiger charge is -2.35. The van der Waals surface area contributed by atoms with E-state index in [1.54, 1.807) is 12.3 Å². The van der Waals surface area contributed by atoms with Crippen LogP contribution in [0.3, 0.4) is 0 Å². The van der Waals surface area contributed by atoms with Gasteiger partial charge in [-0.1, -0.05) is 35.1 Å². The Morgan fingerprint density at radius 2 is 1.81 bits per heavy atom. The van der Waals surface area contributed by atoms with Gasteiger partial charge in [-0.15, -0.1) is 0 Å². The highest BCUT2D eigenvalue weighted by atomic mass is 35.5. The molecular weight excluding hydrogens is 498 g/mol. The molecule has 0 bridgehead atoms. The average Bonchev–Trinajstić information content (AvgIpc) is 3.35. The zero-order valence-electron chi connectivity index (χ0n) is 19.8. The van der Waals surface area contributed by atoms with Crippen molar-refractivity contribution in [1.82, 2.24) is 24.9 Å². The van der Waals surface area contributed by atoms with Crippen LogP contribution in [0.5, 0.6) is 0 Å². The Balaban J connectivity index is 1.25. The second-order valence-corrected chi connectivity index (χ2v) is 9.67. The van der Waals surface area contributed by atoms with Crippen molar-refractivity contribution in [3.8, 4) is 0 Å². The van der Waals surface area contributed by atoms with Gasteiger partial charge in [-0.3, -0.25) is 15.1 Å². The van der Waals surface area contributed by atoms with E-state index in [9.17, 15) is 4.79 Å². The fraction of sp³-hybridized carbons (Fsp3) is 0.250. The summed E-state index contributed by atoms with van der Waals surface area (Å²) < 4.78 is 0. The number of rotatable bonds is 6. The number of hydrogen-bond donors (Lipinski definition) is 2. The third-order valence-electron chi connectivity index (χ3n) is 5.72. The summed E-state index contributed by atoms with van der Waals surface area (Å²) in [6.45, 7) is 6.96. The van der Waals surface area contributed by atoms with Crippen LogP contribution in [0.25, 0.3) is 0 Å². The quantitative estimate of drug-likeness (QED) is 0.383. The number of piperazine rings is 1. The number of thiazole rings is 1. The third kappa shape index (κ3) is 5.37. The van der Waals surface area contributed by atoms with E-state index in [4.69, 9.17) is 11.6 Å². The van der Waals surface area contributed by atoms with Crippen molar-refractivity contribution in [3.63, 3.8) is 0 Å². The van der Waals surface area contributed by atoms with Crippen molar-refractivity contribution in [3.05, 3.63) is 70.2 Å². The number of hydrogen-bond acceptors (Lipinski definition) is 10. The molecule has 0 saturated carbocycles. The number of amides is 1. The van der Waals surface area contributed by atoms with Crippen molar-refractivity contribution in [2.24, 2.45) is 0 Å². The molecule has 1 aromatic carbocycles. The normalized spacial score (nSPS) is 13.5. The maximum Gasteiger partial charge on any atom is 0.267 e. The van der Waals surface area contributed by atoms with Gasteiger partial charge in [0.1, 0.15) is 10.7 Å². The first-order valence-electron chi connectivity index (χ1n) is 11.4. The van der Waals surface area contributed by atoms with Gasteiger partial charge < -0.3 is 15.1 Å². The summed E-state index contributed by atoms with van der Waals surface area (Å²) >= 11 is 7.44. The number of nitrogens with zero attached hydrogens (tertiary/aromatic N) is 7. The van der Waals surface area contributed by atoms with E-state index < -0.39 is 0 Å². The Kier molecular flexibility index (Phi) is 6.92. The molecule has 4 heterocycles. The SMILES string of the molecule is Cc1nc(Nc2ncc(C(=O)Nc3c(C)cccc3Cl)s2)nc(N2CCN(c3cccnc3)CC2)n1. The fourth-order valence-corrected chi connectivity index (χ4v) is 4.84. The van der Waals surface area contributed by atoms with Crippen LogP contribution in [-0.2, 0) is 0 Å². The van der Waals surface area contributed by atoms with Gasteiger partial charge in [0.2, 0.25) is 11.9 Å². The van der Waals surface area contributed by atoms with Gasteiger partial charge in [-0.25, -0.2) is 4.98 Å². The number of pyridine rings is 1. The lowest BCUT2D eigenvalue weighted by molar-refractivity contribution is 0.103. The number of benzene rings is 1. The van der Waals surface area contributed by atoms with E-state index in [-0.39, 0.29) is 5.91 Å². The second-order valence-electron chi connectivity index (χ2n) is 8.23. The molecule has 1 fully saturated rings. The molecule has 3 aromatic heterocycles. The number of halogens is 1. The average molecular weight is 522 g/mol. The van der Waals surface area contributed by atoms with Gasteiger partial charge >= 0.3 is 0 Å². The lowest BCUT2D eigenvalue weighted by atomic mass is 10.2. The third-order valence-corrected chi connectivity index (χ3v) is 6.94. The Morgan fingerprint density at radius 1 is 1.00 bits per heavy atom. The van der Waals surface area contributed by atoms with Crippen LogP contribution in [0, 0.1) is 13.8 Å². The molecule has 184 valence electrons. The fourth-order valence-electron chi connectivity index (χ4n) is 3.87. The molecule has 1 aliphatic heterocycles. The smallest absolute Gasteiger partial charge is 0.267 e. The second kappa shape index (κ2) is 10.4. The predicted octanol–water partition coefficient (Wildman–Crippen LogP) is 4.32. The van der Waals surface area contributed by atoms with Crippen molar-refractivity contribution >= 4 is 57.2 Å². The van der Waals surface area contributed by atoms with Crippen LogP contribution in [0.4, 0.5) is 28.4 Å². The van der Waals surface area contributed by atoms with Crippen LogP contribution < -0.4 is 20.4 Å². The molecule has 1 amide bonds. The summed E-state index contributed by atoms with van der Waals surface area (Å²) in [5, 5.41) is 6.97. The monoisotopic (exact) mass is 521 g/mol. The van der Waals surface area contributed by atoms with Gasteiger partial charge in [0, 0.05) is 32.4 Å². The van der Waals surface area contributed by atoms with Gasteiger partial charge in [0.05, 0.1) is 28.8 Å². The van der Waals surface area contributed by atoms with E-state index in [0.29, 0.717) is 38.4 Å². The van der Waals surface area contributed by atoms with Crippen molar-refractivity contribution < 1.29 is 4.79 Å². The molecule has 10 nitrogen and oxygen atoms in total. The first kappa shape index (κ1) is 23.9. The van der Waals surface area contributed by atoms with Crippen LogP contribution in [0.2, 0.25) is 5.02 Å². The minimum Gasteiger partial charge on any atom is -0.367 e. The maximum atomic E-state index is 12.7. The Labute approximate surface area is 217 Å². The maximum absolute atomic E-state index is 12.7. The molecule has 0 unspecified atom stereocenters. The molecule has 1 saturated heterocycles. The predicted molar refractivity (Wildman–Crippen MR) is 143 cm³/mol. The summed E-state index contributed by atoms with van der Waals surface area (Å²) in [4.78, 5) is 39.7. The molecule has 2 N–H and O–H groups in total. The van der Waals surface area contributed by atoms with Gasteiger partial charge in [0.15, 0.2) is 5.13 Å². The number of aryl methyl sites for hydroxylation is 2. The zero-order chi connectivity index (χ0) is 25.1. The topological polar surface area (TPSA) is 112 Å². The number of carbonyl (C=O) groups is 1. The minimum atomic E-state index is -0.282. The van der Waals surface area contributed by atoms with Crippen LogP contribution in [0.15, 0.2) is 48.9 Å². The van der Waals surface area contributed by atoms with E-state index in [2.05, 4.69) is 51.4 Å². The molecule has 0 spiro atoms. The van der Waals surface area contributed by atoms with Crippen molar-refractivity contribution in [2.75, 3.05) is 46.6 Å². The molecule has 0 radical (unpaired) electrons. The van der Waals surface area contributed by atoms with Gasteiger partial charge in [0.25, 0.3) is 5.91 Å². The van der Waals surface area contributed by atoms with Gasteiger partial charge in [-0.2, -0.15) is 15.0 Å². The summed E-state index contributed by atoms with van der Waals surface area (Å²) in [5.74, 6) is 1.31. The van der Waals surface area contributed by atoms with E-state index in [1.165, 1.54) is 17.5 Å². The van der Waals surface area contributed by atoms with Crippen LogP contribution in [0.1, 0.15) is 21.1 Å². The molecule has 1 aliphatic rings. The Bertz CT molecular complexity index is 1350. The van der Waals surface area contributed by atoms with Crippen LogP contribution >= 0.6 is 22.9 Å². The van der Waals surface area contributed by atoms with E-state index >= 15 is 0 Å². The minimum absolute atomic E-state index is 0.282. The molecule has 12 heteroatoms. The largest absolute Gasteiger partial charge is 0.367 e. The molecule has 5 rings (SSSR count). The standard InChI is InChI=1S/C24H24ClN9OS/c1-15-5-3-7-18(25)20(15)30-21(35)19-14-27-24(36-19)32-22-28-16(2)29-23(31-22)34-11-9-33(10-12-34)17-6-4-8-26-13-17/h3-8,13-14H,9-12H2,1-2H3,(H,30,35)(H,27,28,29,31,32). The number of nitrogens with one attached hydrogen (secondary N) is 2. The first-order valence-corrected chi connectivity index (χ1v) is 12.6. The van der Waals surface area contributed by atoms with Crippen molar-refractivity contribution in [2.45, 2.75) is 13.8 Å². The summed E-state index contributed by atoms with van der Waals surface area (Å²) in [5.41, 5.74) is 2.58. The zero-order valence-corrected chi connectivity index (χ0v) is 21.3. The highest BCUT2D eigenvalue weighted by molar-refractivity contribution is 7.17. The molecule has 36 heavy (non-hydrogen) atoms. The number of aromatic nitrogens is 5. The highest BCUT2D eigenvalue weighted by Crippen LogP contribution is 2.28. The number of anilines is 5. The van der Waals surface area contributed by atoms with Crippen LogP contribution in [-0.4, -0.2) is 57.0 Å². The highest BCUT2D eigenvalue weighted by Gasteiger charge is 2.21. The molecular formula is C24H24ClN9OS. The number of para-hydroxylation sites is 1. The summed E-state index contributed by atoms with van der Waals surface area (Å²) in [6, 6.07) is 9.48. The molecule has 0 atom stereocenters. The number of carbonyl (C=O) groups excluding carboxylic acids is 1. The Morgan fingerprint density at radius 3 is 2.56 bits per heavy atom. The molecule has 0 aliphatic carbocycles. The summed E-state index contributed by atoms with van der Waals surface area (Å²) in [7, 11) is 0. The van der Waals surface area contributed by atoms with Gasteiger partial charge in [-0.05, 0) is 37.6 Å². The first-order chi connectivity index (χ1) is 17.5. The molecule has 4 aromatic rings. The lowest BCUT2D eigenvalue weighted by Crippen LogP contribution is -2.47.